The molecule has 0 radical (unpaired) electrons. The summed E-state index contributed by atoms with van der Waals surface area (Å²) in [6.45, 7) is -2.42. The fraction of sp³-hybridized carbons (Fsp3) is 0.277. The normalized spacial score (nSPS) is 16.0. The van der Waals surface area contributed by atoms with Crippen LogP contribution in [0.15, 0.2) is 94.2 Å². The van der Waals surface area contributed by atoms with E-state index in [1.807, 2.05) is 0 Å². The largest absolute Gasteiger partial charge is 0.482 e. The Morgan fingerprint density at radius 1 is 0.338 bits per heavy atom. The van der Waals surface area contributed by atoms with Crippen LogP contribution in [0.5, 0.6) is 23.0 Å². The Kier molecular flexibility index (Phi) is 14.6. The van der Waals surface area contributed by atoms with Gasteiger partial charge in [-0.2, -0.15) is 0 Å². The molecule has 0 aromatic heterocycles. The number of hydrogen-bond acceptors (Lipinski definition) is 18. The molecule has 2 aromatic carbocycles. The lowest BCUT2D eigenvalue weighted by Crippen LogP contribution is -2.20. The monoisotopic (exact) mass is 892 g/mol. The zero-order valence-corrected chi connectivity index (χ0v) is 35.5. The van der Waals surface area contributed by atoms with Crippen LogP contribution < -0.4 is 18.9 Å². The summed E-state index contributed by atoms with van der Waals surface area (Å²) in [5.41, 5.74) is 0.552. The number of rotatable bonds is 12. The number of carbonyl (C=O) groups is 10. The SMILES string of the molecule is COC(=O)COc1cc2c(OCC(=O)OC)cc1CC1=CC(=O)C(=CC1=O)CC1=CC(=O)C(=CC1=O)Cc1cc(OCC(=O)OC)c(cc1OCC(=O)OC)CC1=CC(=O)C(=CC1=O)C2. The smallest absolute Gasteiger partial charge is 0.343 e. The fourth-order valence-electron chi connectivity index (χ4n) is 6.95. The van der Waals surface area contributed by atoms with Gasteiger partial charge >= 0.3 is 23.9 Å². The van der Waals surface area contributed by atoms with Crippen LogP contribution in [-0.2, 0) is 92.6 Å². The van der Waals surface area contributed by atoms with Crippen molar-refractivity contribution in [2.75, 3.05) is 54.9 Å². The number of hydrogen-bond donors (Lipinski definition) is 0. The molecule has 0 amide bonds. The van der Waals surface area contributed by atoms with Crippen LogP contribution in [0.1, 0.15) is 28.7 Å². The average Bonchev–Trinajstić information content (AvgIpc) is 3.28. The first kappa shape index (κ1) is 46.5. The Morgan fingerprint density at radius 3 is 0.708 bits per heavy atom. The van der Waals surface area contributed by atoms with Gasteiger partial charge in [0.2, 0.25) is 0 Å². The van der Waals surface area contributed by atoms with Crippen molar-refractivity contribution < 1.29 is 85.8 Å². The number of ketones is 6. The third-order valence-corrected chi connectivity index (χ3v) is 10.4. The lowest BCUT2D eigenvalue weighted by molar-refractivity contribution is -0.143. The predicted molar refractivity (Wildman–Crippen MR) is 221 cm³/mol. The summed E-state index contributed by atoms with van der Waals surface area (Å²) < 4.78 is 42.2. The molecule has 2 aromatic rings. The number of carbonyl (C=O) groups excluding carboxylic acids is 10. The van der Waals surface area contributed by atoms with E-state index in [4.69, 9.17) is 37.9 Å². The minimum atomic E-state index is -0.773. The highest BCUT2D eigenvalue weighted by atomic mass is 16.6. The second-order valence-electron chi connectivity index (χ2n) is 14.7. The minimum absolute atomic E-state index is 0.00380. The molecule has 15 rings (SSSR count). The molecule has 336 valence electrons. The van der Waals surface area contributed by atoms with Gasteiger partial charge in [-0.05, 0) is 60.7 Å². The van der Waals surface area contributed by atoms with Gasteiger partial charge in [-0.25, -0.2) is 19.2 Å². The van der Waals surface area contributed by atoms with E-state index in [-0.39, 0.29) is 111 Å². The van der Waals surface area contributed by atoms with E-state index in [9.17, 15) is 47.9 Å². The van der Waals surface area contributed by atoms with E-state index in [0.29, 0.717) is 0 Å². The molecule has 0 saturated heterocycles. The minimum Gasteiger partial charge on any atom is -0.482 e. The third kappa shape index (κ3) is 11.3. The fourth-order valence-corrected chi connectivity index (χ4v) is 6.95. The standard InChI is InChI=1S/C47H40O18/c1-58-44(54)20-62-40-18-32-8-28-14-39(53)29(15-38(28)52)9-33-19-41(63-21-45(55)59-2)31(17-43(33)65-23-47(57)61-4)7-27-13-35(49)25(11-37(27)51)5-24-10-36(50)26(12-34(24)48)6-30(40)16-42(32)64-22-46(56)60-3/h10-19H,5-9,20-23H2,1-4H3. The van der Waals surface area contributed by atoms with E-state index in [1.54, 1.807) is 0 Å². The molecular formula is C47H40O18. The summed E-state index contributed by atoms with van der Waals surface area (Å²) in [6, 6.07) is 5.57. The van der Waals surface area contributed by atoms with Crippen molar-refractivity contribution in [1.29, 1.82) is 0 Å². The van der Waals surface area contributed by atoms with Crippen LogP contribution in [0.3, 0.4) is 0 Å². The number of ether oxygens (including phenoxy) is 8. The Bertz CT molecular complexity index is 2470. The zero-order valence-electron chi connectivity index (χ0n) is 35.5. The Balaban J connectivity index is 1.51. The molecule has 0 aliphatic heterocycles. The summed E-state index contributed by atoms with van der Waals surface area (Å²) >= 11 is 0. The third-order valence-electron chi connectivity index (χ3n) is 10.4. The van der Waals surface area contributed by atoms with Gasteiger partial charge in [0.05, 0.1) is 28.4 Å². The molecule has 10 bridgehead atoms. The molecule has 0 fully saturated rings. The molecule has 0 N–H and O–H groups in total. The first-order valence-corrected chi connectivity index (χ1v) is 19.7. The van der Waals surface area contributed by atoms with E-state index >= 15 is 0 Å². The highest BCUT2D eigenvalue weighted by Crippen LogP contribution is 2.37. The zero-order chi connectivity index (χ0) is 46.9. The maximum atomic E-state index is 13.9. The van der Waals surface area contributed by atoms with Gasteiger partial charge in [-0.15, -0.1) is 0 Å². The van der Waals surface area contributed by atoms with Gasteiger partial charge in [-0.3, -0.25) is 28.8 Å². The van der Waals surface area contributed by atoms with Gasteiger partial charge in [0, 0.05) is 87.8 Å². The predicted octanol–water partition coefficient (Wildman–Crippen LogP) is 2.18. The van der Waals surface area contributed by atoms with Crippen molar-refractivity contribution in [2.24, 2.45) is 0 Å². The molecule has 18 nitrogen and oxygen atoms in total. The average molecular weight is 893 g/mol. The summed E-state index contributed by atoms with van der Waals surface area (Å²) in [5, 5.41) is 0. The van der Waals surface area contributed by atoms with Gasteiger partial charge in [-0.1, -0.05) is 0 Å². The van der Waals surface area contributed by atoms with Crippen LogP contribution in [-0.4, -0.2) is 113 Å². The van der Waals surface area contributed by atoms with E-state index in [0.717, 1.165) is 64.9 Å². The van der Waals surface area contributed by atoms with Crippen LogP contribution in [0, 0.1) is 0 Å². The van der Waals surface area contributed by atoms with Gasteiger partial charge in [0.15, 0.2) is 61.1 Å². The van der Waals surface area contributed by atoms with Crippen molar-refractivity contribution in [3.05, 3.63) is 116 Å². The van der Waals surface area contributed by atoms with Crippen LogP contribution in [0.4, 0.5) is 0 Å². The molecular weight excluding hydrogens is 852 g/mol. The van der Waals surface area contributed by atoms with Crippen LogP contribution in [0.25, 0.3) is 0 Å². The summed E-state index contributed by atoms with van der Waals surface area (Å²) in [5.74, 6) is -6.84. The number of benzene rings is 2. The maximum absolute atomic E-state index is 13.9. The summed E-state index contributed by atoms with van der Waals surface area (Å²) in [4.78, 5) is 131. The highest BCUT2D eigenvalue weighted by Gasteiger charge is 2.30. The molecule has 0 heterocycles. The Labute approximate surface area is 370 Å². The topological polar surface area (TPSA) is 245 Å². The van der Waals surface area contributed by atoms with Crippen molar-refractivity contribution in [2.45, 2.75) is 32.1 Å². The van der Waals surface area contributed by atoms with E-state index in [1.165, 1.54) is 24.3 Å². The molecule has 0 atom stereocenters. The van der Waals surface area contributed by atoms with Crippen molar-refractivity contribution in [3.8, 4) is 23.0 Å². The second-order valence-corrected chi connectivity index (χ2v) is 14.7. The maximum Gasteiger partial charge on any atom is 0.343 e. The van der Waals surface area contributed by atoms with Crippen molar-refractivity contribution in [1.82, 2.24) is 0 Å². The van der Waals surface area contributed by atoms with Gasteiger partial charge in [0.1, 0.15) is 23.0 Å². The molecule has 65 heavy (non-hydrogen) atoms. The number of methoxy groups -OCH3 is 4. The molecule has 13 aliphatic rings. The quantitative estimate of drug-likeness (QED) is 0.168. The summed E-state index contributed by atoms with van der Waals surface area (Å²) in [7, 11) is 4.56. The van der Waals surface area contributed by atoms with Gasteiger partial charge in [0.25, 0.3) is 0 Å². The summed E-state index contributed by atoms with van der Waals surface area (Å²) in [6.07, 6.45) is 5.00. The lowest BCUT2D eigenvalue weighted by Gasteiger charge is -2.20. The van der Waals surface area contributed by atoms with E-state index < -0.39 is 85.0 Å². The van der Waals surface area contributed by atoms with E-state index in [2.05, 4.69) is 0 Å². The highest BCUT2D eigenvalue weighted by molar-refractivity contribution is 6.24. The lowest BCUT2D eigenvalue weighted by atomic mass is 9.85. The number of allylic oxidation sites excluding steroid dienone is 12. The van der Waals surface area contributed by atoms with Crippen molar-refractivity contribution in [3.63, 3.8) is 0 Å². The molecule has 13 aliphatic carbocycles. The Hall–Kier alpha value is -8.02. The molecule has 0 unspecified atom stereocenters. The number of esters is 4. The van der Waals surface area contributed by atoms with Crippen LogP contribution >= 0.6 is 0 Å². The first-order valence-electron chi connectivity index (χ1n) is 19.7. The molecule has 18 heteroatoms. The second kappa shape index (κ2) is 20.4. The Morgan fingerprint density at radius 2 is 0.523 bits per heavy atom. The van der Waals surface area contributed by atoms with Crippen molar-refractivity contribution >= 4 is 58.6 Å². The first-order chi connectivity index (χ1) is 31.1. The molecule has 0 saturated carbocycles. The van der Waals surface area contributed by atoms with Crippen LogP contribution in [0.2, 0.25) is 0 Å². The molecule has 0 spiro atoms. The van der Waals surface area contributed by atoms with Gasteiger partial charge < -0.3 is 37.9 Å².